The highest BCUT2D eigenvalue weighted by Gasteiger charge is 2.33. The minimum atomic E-state index is -0.752. The number of nitrogens with two attached hydrogens (primary N) is 1. The molecule has 0 heterocycles. The zero-order chi connectivity index (χ0) is 15.8. The molecular weight excluding hydrogens is 262 g/mol. The normalized spacial score (nSPS) is 12.7. The number of carbonyl (C=O) groups is 2. The summed E-state index contributed by atoms with van der Waals surface area (Å²) in [6.45, 7) is 7.02. The number of amides is 2. The van der Waals surface area contributed by atoms with Gasteiger partial charge in [-0.05, 0) is 27.2 Å². The first-order chi connectivity index (χ1) is 9.26. The van der Waals surface area contributed by atoms with Crippen LogP contribution < -0.4 is 11.1 Å². The van der Waals surface area contributed by atoms with Crippen molar-refractivity contribution in [2.45, 2.75) is 58.6 Å². The van der Waals surface area contributed by atoms with Crippen molar-refractivity contribution in [1.82, 2.24) is 10.4 Å². The lowest BCUT2D eigenvalue weighted by Gasteiger charge is -2.31. The molecule has 0 radical (unpaired) electrons. The van der Waals surface area contributed by atoms with Crippen LogP contribution in [0.4, 0.5) is 4.79 Å². The number of unbranched alkanes of at least 4 members (excludes halogenated alkanes) is 1. The Bertz CT molecular complexity index is 315. The molecule has 0 aromatic rings. The van der Waals surface area contributed by atoms with Gasteiger partial charge in [0.15, 0.2) is 0 Å². The summed E-state index contributed by atoms with van der Waals surface area (Å²) < 4.78 is 5.23. The summed E-state index contributed by atoms with van der Waals surface area (Å²) in [5.74, 6) is -0.308. The molecule has 0 bridgehead atoms. The maximum atomic E-state index is 12.1. The van der Waals surface area contributed by atoms with E-state index >= 15 is 0 Å². The summed E-state index contributed by atoms with van der Waals surface area (Å²) >= 11 is 0. The first-order valence-corrected chi connectivity index (χ1v) is 6.83. The van der Waals surface area contributed by atoms with Crippen LogP contribution in [0.2, 0.25) is 0 Å². The number of hydroxylamine groups is 2. The van der Waals surface area contributed by atoms with Gasteiger partial charge in [-0.25, -0.2) is 4.79 Å². The van der Waals surface area contributed by atoms with Crippen molar-refractivity contribution in [3.63, 3.8) is 0 Å². The molecule has 0 saturated carbocycles. The number of likely N-dealkylation sites (N-methyl/N-ethyl adjacent to an activating group) is 1. The maximum absolute atomic E-state index is 12.1. The highest BCUT2D eigenvalue weighted by Crippen LogP contribution is 2.16. The Hall–Kier alpha value is -1.34. The van der Waals surface area contributed by atoms with Crippen molar-refractivity contribution in [2.75, 3.05) is 13.8 Å². The molecule has 20 heavy (non-hydrogen) atoms. The third-order valence-corrected chi connectivity index (χ3v) is 2.45. The Morgan fingerprint density at radius 1 is 1.35 bits per heavy atom. The fourth-order valence-corrected chi connectivity index (χ4v) is 1.58. The first-order valence-electron chi connectivity index (χ1n) is 6.83. The van der Waals surface area contributed by atoms with E-state index in [1.165, 1.54) is 7.05 Å². The Morgan fingerprint density at radius 2 is 1.95 bits per heavy atom. The molecule has 118 valence electrons. The number of rotatable bonds is 7. The van der Waals surface area contributed by atoms with Crippen LogP contribution in [0.25, 0.3) is 0 Å². The van der Waals surface area contributed by atoms with Crippen molar-refractivity contribution in [3.05, 3.63) is 0 Å². The van der Waals surface area contributed by atoms with Crippen LogP contribution in [-0.2, 0) is 14.4 Å². The number of ether oxygens (including phenoxy) is 1. The summed E-state index contributed by atoms with van der Waals surface area (Å²) in [7, 11) is 1.51. The van der Waals surface area contributed by atoms with Crippen molar-refractivity contribution in [3.8, 4) is 0 Å². The third kappa shape index (κ3) is 6.72. The van der Waals surface area contributed by atoms with Crippen LogP contribution in [0.15, 0.2) is 0 Å². The number of hydrogen-bond acceptors (Lipinski definition) is 5. The fourth-order valence-electron chi connectivity index (χ4n) is 1.58. The SMILES string of the molecule is CCCC[C@@H](C(=O)NC)N(OCN)C(=O)OC(C)(C)C. The lowest BCUT2D eigenvalue weighted by molar-refractivity contribution is -0.178. The van der Waals surface area contributed by atoms with Crippen molar-refractivity contribution < 1.29 is 19.2 Å². The van der Waals surface area contributed by atoms with E-state index in [2.05, 4.69) is 5.32 Å². The van der Waals surface area contributed by atoms with E-state index in [0.29, 0.717) is 6.42 Å². The number of hydrogen-bond donors (Lipinski definition) is 2. The highest BCUT2D eigenvalue weighted by atomic mass is 16.7. The van der Waals surface area contributed by atoms with Gasteiger partial charge in [-0.3, -0.25) is 9.63 Å². The summed E-state index contributed by atoms with van der Waals surface area (Å²) in [5.41, 5.74) is 4.66. The van der Waals surface area contributed by atoms with E-state index in [9.17, 15) is 9.59 Å². The van der Waals surface area contributed by atoms with Gasteiger partial charge in [0.25, 0.3) is 0 Å². The third-order valence-electron chi connectivity index (χ3n) is 2.45. The van der Waals surface area contributed by atoms with Gasteiger partial charge >= 0.3 is 6.09 Å². The van der Waals surface area contributed by atoms with Gasteiger partial charge in [-0.15, -0.1) is 0 Å². The summed E-state index contributed by atoms with van der Waals surface area (Å²) in [6, 6.07) is -0.752. The molecule has 7 nitrogen and oxygen atoms in total. The zero-order valence-corrected chi connectivity index (χ0v) is 13.1. The summed E-state index contributed by atoms with van der Waals surface area (Å²) in [6.07, 6.45) is 1.45. The van der Waals surface area contributed by atoms with E-state index in [0.717, 1.165) is 17.9 Å². The summed E-state index contributed by atoms with van der Waals surface area (Å²) in [5, 5.41) is 3.45. The Balaban J connectivity index is 5.04. The van der Waals surface area contributed by atoms with E-state index < -0.39 is 17.7 Å². The highest BCUT2D eigenvalue weighted by molar-refractivity contribution is 5.84. The topological polar surface area (TPSA) is 93.9 Å². The molecule has 2 amide bonds. The average Bonchev–Trinajstić information content (AvgIpc) is 2.35. The van der Waals surface area contributed by atoms with E-state index in [-0.39, 0.29) is 12.6 Å². The molecule has 0 fully saturated rings. The van der Waals surface area contributed by atoms with Gasteiger partial charge in [0.1, 0.15) is 18.4 Å². The van der Waals surface area contributed by atoms with Crippen LogP contribution in [-0.4, -0.2) is 42.5 Å². The molecule has 0 spiro atoms. The fraction of sp³-hybridized carbons (Fsp3) is 0.846. The molecule has 0 rings (SSSR count). The molecule has 0 aromatic carbocycles. The minimum absolute atomic E-state index is 0.209. The largest absolute Gasteiger partial charge is 0.442 e. The standard InChI is InChI=1S/C13H27N3O4/c1-6-7-8-10(11(17)15-5)16(19-9-14)12(18)20-13(2,3)4/h10H,6-9,14H2,1-5H3,(H,15,17)/t10-/m0/s1. The van der Waals surface area contributed by atoms with Crippen molar-refractivity contribution >= 4 is 12.0 Å². The minimum Gasteiger partial charge on any atom is -0.442 e. The maximum Gasteiger partial charge on any atom is 0.435 e. The molecule has 1 atom stereocenters. The second-order valence-electron chi connectivity index (χ2n) is 5.37. The van der Waals surface area contributed by atoms with Gasteiger partial charge in [-0.1, -0.05) is 19.8 Å². The van der Waals surface area contributed by atoms with Crippen LogP contribution in [0, 0.1) is 0 Å². The predicted octanol–water partition coefficient (Wildman–Crippen LogP) is 1.38. The average molecular weight is 289 g/mol. The lowest BCUT2D eigenvalue weighted by Crippen LogP contribution is -2.50. The molecule has 3 N–H and O–H groups in total. The number of nitrogens with one attached hydrogen (secondary N) is 1. The monoisotopic (exact) mass is 289 g/mol. The molecule has 0 aliphatic carbocycles. The van der Waals surface area contributed by atoms with Gasteiger partial charge in [0, 0.05) is 7.05 Å². The Morgan fingerprint density at radius 3 is 2.35 bits per heavy atom. The predicted molar refractivity (Wildman–Crippen MR) is 75.6 cm³/mol. The molecule has 7 heteroatoms. The smallest absolute Gasteiger partial charge is 0.435 e. The Labute approximate surface area is 120 Å². The van der Waals surface area contributed by atoms with Gasteiger partial charge in [0.2, 0.25) is 5.91 Å². The van der Waals surface area contributed by atoms with Gasteiger partial charge in [0.05, 0.1) is 0 Å². The van der Waals surface area contributed by atoms with Crippen LogP contribution in [0.5, 0.6) is 0 Å². The molecule has 0 aliphatic rings. The zero-order valence-electron chi connectivity index (χ0n) is 13.1. The van der Waals surface area contributed by atoms with E-state index in [1.807, 2.05) is 6.92 Å². The second kappa shape index (κ2) is 8.76. The molecule has 0 unspecified atom stereocenters. The van der Waals surface area contributed by atoms with Gasteiger partial charge < -0.3 is 15.8 Å². The van der Waals surface area contributed by atoms with Crippen molar-refractivity contribution in [2.24, 2.45) is 5.73 Å². The van der Waals surface area contributed by atoms with E-state index in [1.54, 1.807) is 20.8 Å². The van der Waals surface area contributed by atoms with Crippen LogP contribution in [0.3, 0.4) is 0 Å². The number of nitrogens with zero attached hydrogens (tertiary/aromatic N) is 1. The van der Waals surface area contributed by atoms with E-state index in [4.69, 9.17) is 15.3 Å². The second-order valence-corrected chi connectivity index (χ2v) is 5.37. The van der Waals surface area contributed by atoms with Crippen molar-refractivity contribution in [1.29, 1.82) is 0 Å². The van der Waals surface area contributed by atoms with Crippen LogP contribution in [0.1, 0.15) is 47.0 Å². The van der Waals surface area contributed by atoms with Crippen LogP contribution >= 0.6 is 0 Å². The molecule has 0 saturated heterocycles. The summed E-state index contributed by atoms with van der Waals surface area (Å²) in [4.78, 5) is 29.1. The molecular formula is C13H27N3O4. The van der Waals surface area contributed by atoms with Gasteiger partial charge in [-0.2, -0.15) is 5.06 Å². The lowest BCUT2D eigenvalue weighted by atomic mass is 10.1. The molecule has 0 aromatic heterocycles. The number of carbonyl (C=O) groups excluding carboxylic acids is 2. The Kier molecular flexibility index (Phi) is 8.17. The quantitative estimate of drug-likeness (QED) is 0.545. The molecule has 0 aliphatic heterocycles. The first kappa shape index (κ1) is 18.7.